The van der Waals surface area contributed by atoms with Crippen molar-refractivity contribution in [3.8, 4) is 0 Å². The van der Waals surface area contributed by atoms with E-state index in [1.807, 2.05) is 19.1 Å². The number of fused-ring (bicyclic) bond motifs is 8. The molecular formula is C48H70Cl2N2O9. The van der Waals surface area contributed by atoms with Gasteiger partial charge in [0.15, 0.2) is 12.1 Å². The second-order valence-electron chi connectivity index (χ2n) is 19.6. The van der Waals surface area contributed by atoms with Crippen molar-refractivity contribution < 1.29 is 42.7 Å². The molecule has 0 bridgehead atoms. The van der Waals surface area contributed by atoms with Crippen LogP contribution in [0, 0.1) is 41.4 Å². The first-order valence-electron chi connectivity index (χ1n) is 23.2. The van der Waals surface area contributed by atoms with E-state index in [1.54, 1.807) is 27.4 Å². The smallest absolute Gasteiger partial charge is 0.306 e. The number of allylic oxidation sites excluding steroid dienone is 2. The quantitative estimate of drug-likeness (QED) is 0.168. The number of carbonyl (C=O) groups excluding carboxylic acids is 2. The number of nitrogens with zero attached hydrogens (tertiary/aromatic N) is 2. The zero-order chi connectivity index (χ0) is 43.4. The molecular weight excluding hydrogens is 819 g/mol. The topological polar surface area (TPSA) is 105 Å². The Hall–Kier alpha value is -1.80. The van der Waals surface area contributed by atoms with Crippen molar-refractivity contribution in [2.45, 2.75) is 165 Å². The van der Waals surface area contributed by atoms with Gasteiger partial charge in [-0.3, -0.25) is 9.59 Å². The van der Waals surface area contributed by atoms with Crippen molar-refractivity contribution in [2.75, 3.05) is 40.3 Å². The number of carbonyl (C=O) groups is 2. The van der Waals surface area contributed by atoms with Crippen LogP contribution in [0.3, 0.4) is 0 Å². The number of ether oxygens (including phenoxy) is 7. The summed E-state index contributed by atoms with van der Waals surface area (Å²) in [5.41, 5.74) is 1.79. The summed E-state index contributed by atoms with van der Waals surface area (Å²) in [6.45, 7) is 8.41. The number of hydrogen-bond donors (Lipinski definition) is 0. The monoisotopic (exact) mass is 888 g/mol. The zero-order valence-electron chi connectivity index (χ0n) is 37.7. The van der Waals surface area contributed by atoms with Gasteiger partial charge in [-0.1, -0.05) is 43.1 Å². The molecule has 0 N–H and O–H groups in total. The minimum Gasteiger partial charge on any atom is -0.462 e. The van der Waals surface area contributed by atoms with Gasteiger partial charge in [0.05, 0.1) is 42.9 Å². The Morgan fingerprint density at radius 3 is 2.18 bits per heavy atom. The normalized spacial score (nSPS) is 44.0. The molecule has 7 aliphatic rings. The third-order valence-electron chi connectivity index (χ3n) is 16.2. The van der Waals surface area contributed by atoms with Gasteiger partial charge in [0.2, 0.25) is 0 Å². The molecule has 4 heterocycles. The van der Waals surface area contributed by atoms with Crippen LogP contribution < -0.4 is 4.90 Å². The number of rotatable bonds is 10. The fourth-order valence-electron chi connectivity index (χ4n) is 13.2. The third kappa shape index (κ3) is 8.96. The molecule has 4 saturated heterocycles. The lowest BCUT2D eigenvalue weighted by Gasteiger charge is -2.44. The van der Waals surface area contributed by atoms with Crippen molar-refractivity contribution in [3.63, 3.8) is 0 Å². The molecule has 1 aromatic rings. The van der Waals surface area contributed by atoms with Crippen LogP contribution in [-0.2, 0) is 42.7 Å². The van der Waals surface area contributed by atoms with Crippen LogP contribution >= 0.6 is 23.2 Å². The summed E-state index contributed by atoms with van der Waals surface area (Å²) >= 11 is 13.3. The maximum absolute atomic E-state index is 15.3. The van der Waals surface area contributed by atoms with E-state index in [9.17, 15) is 4.79 Å². The minimum atomic E-state index is -0.641. The van der Waals surface area contributed by atoms with Crippen LogP contribution in [0.4, 0.5) is 5.69 Å². The molecule has 0 radical (unpaired) electrons. The average molecular weight is 890 g/mol. The number of likely N-dealkylation sites (N-methyl/N-ethyl adjacent to an activating group) is 1. The Balaban J connectivity index is 1.12. The number of Topliss-reactive ketones (excluding diaryl/α,β-unsaturated/α-hetero) is 1. The predicted octanol–water partition coefficient (Wildman–Crippen LogP) is 8.16. The van der Waals surface area contributed by atoms with Gasteiger partial charge in [-0.05, 0) is 139 Å². The highest BCUT2D eigenvalue weighted by molar-refractivity contribution is 6.35. The fraction of sp³-hybridized carbons (Fsp3) is 0.792. The Labute approximate surface area is 373 Å². The lowest BCUT2D eigenvalue weighted by Crippen LogP contribution is -2.59. The second kappa shape index (κ2) is 19.0. The summed E-state index contributed by atoms with van der Waals surface area (Å²) in [6.07, 6.45) is 8.35. The number of esters is 1. The van der Waals surface area contributed by atoms with Crippen molar-refractivity contribution in [2.24, 2.45) is 41.4 Å². The number of benzene rings is 1. The van der Waals surface area contributed by atoms with Gasteiger partial charge in [0.25, 0.3) is 0 Å². The second-order valence-corrected chi connectivity index (χ2v) is 20.5. The standard InChI is InChI=1S/C48H70Cl2N2O9/c1-10-31-13-11-12-27(16-32-14-15-39(51(5)6)25(3)58-32)24(2)44(54)38-22-35-34-20-33(61-48-47(57-9)46(56-8)45(55-7)26(4)59-48)21-37(34)42-43(41(35)36(38)23-40(53)60-31)52(42)30-18-28(49)17-29(50)19-30/h17-19,22,24-27,31-37,39,41-43,45-48H,10-16,20-21,23H2,1-9H3/t24-,25?,26?,27-,31+,32-,33+,34+,35+,36-,37-,39+,41-,42+,43-,45+,46?,47+,48+,52?/m1/s1. The summed E-state index contributed by atoms with van der Waals surface area (Å²) in [5, 5.41) is 1.16. The van der Waals surface area contributed by atoms with E-state index in [0.29, 0.717) is 16.1 Å². The van der Waals surface area contributed by atoms with Crippen molar-refractivity contribution >= 4 is 40.6 Å². The van der Waals surface area contributed by atoms with Crippen molar-refractivity contribution in [3.05, 3.63) is 39.9 Å². The zero-order valence-corrected chi connectivity index (χ0v) is 39.2. The molecule has 13 heteroatoms. The average Bonchev–Trinajstić information content (AvgIpc) is 3.63. The maximum Gasteiger partial charge on any atom is 0.306 e. The highest BCUT2D eigenvalue weighted by Crippen LogP contribution is 2.65. The summed E-state index contributed by atoms with van der Waals surface area (Å²) in [7, 11) is 9.25. The van der Waals surface area contributed by atoms with Crippen molar-refractivity contribution in [1.29, 1.82) is 0 Å². The molecule has 11 nitrogen and oxygen atoms in total. The van der Waals surface area contributed by atoms with E-state index >= 15 is 4.79 Å². The third-order valence-corrected chi connectivity index (χ3v) is 16.6. The summed E-state index contributed by atoms with van der Waals surface area (Å²) < 4.78 is 44.0. The van der Waals surface area contributed by atoms with Gasteiger partial charge in [0, 0.05) is 54.9 Å². The molecule has 0 aromatic heterocycles. The van der Waals surface area contributed by atoms with Gasteiger partial charge in [-0.25, -0.2) is 0 Å². The van der Waals surface area contributed by atoms with Gasteiger partial charge in [-0.15, -0.1) is 0 Å². The van der Waals surface area contributed by atoms with Crippen LogP contribution in [-0.4, -0.2) is 125 Å². The minimum absolute atomic E-state index is 0.0337. The Morgan fingerprint density at radius 2 is 1.52 bits per heavy atom. The summed E-state index contributed by atoms with van der Waals surface area (Å²) in [6, 6.07) is 6.42. The first-order chi connectivity index (χ1) is 29.3. The lowest BCUT2D eigenvalue weighted by molar-refractivity contribution is -0.314. The van der Waals surface area contributed by atoms with Gasteiger partial charge in [-0.2, -0.15) is 0 Å². The molecule has 4 aliphatic heterocycles. The van der Waals surface area contributed by atoms with E-state index in [0.717, 1.165) is 69.0 Å². The highest BCUT2D eigenvalue weighted by Gasteiger charge is 2.69. The molecule has 6 fully saturated rings. The van der Waals surface area contributed by atoms with Crippen LogP contribution in [0.25, 0.3) is 0 Å². The first-order valence-corrected chi connectivity index (χ1v) is 23.9. The molecule has 340 valence electrons. The lowest BCUT2D eigenvalue weighted by atomic mass is 9.66. The Morgan fingerprint density at radius 1 is 0.820 bits per heavy atom. The molecule has 1 aromatic carbocycles. The van der Waals surface area contributed by atoms with Crippen LogP contribution in [0.15, 0.2) is 29.8 Å². The molecule has 8 rings (SSSR count). The Bertz CT molecular complexity index is 1740. The number of ketones is 1. The largest absolute Gasteiger partial charge is 0.462 e. The van der Waals surface area contributed by atoms with Gasteiger partial charge in [0.1, 0.15) is 24.4 Å². The first kappa shape index (κ1) is 45.8. The van der Waals surface area contributed by atoms with Crippen LogP contribution in [0.1, 0.15) is 91.9 Å². The van der Waals surface area contributed by atoms with E-state index < -0.39 is 12.4 Å². The molecule has 0 amide bonds. The fourth-order valence-corrected chi connectivity index (χ4v) is 13.8. The predicted molar refractivity (Wildman–Crippen MR) is 235 cm³/mol. The number of hydrogen-bond acceptors (Lipinski definition) is 11. The molecule has 3 unspecified atom stereocenters. The molecule has 61 heavy (non-hydrogen) atoms. The molecule has 0 spiro atoms. The molecule has 19 atom stereocenters. The van der Waals surface area contributed by atoms with Crippen LogP contribution in [0.5, 0.6) is 0 Å². The van der Waals surface area contributed by atoms with E-state index in [4.69, 9.17) is 56.4 Å². The number of cyclic esters (lactones) is 1. The van der Waals surface area contributed by atoms with Crippen LogP contribution in [0.2, 0.25) is 10.0 Å². The number of halogens is 2. The summed E-state index contributed by atoms with van der Waals surface area (Å²) in [5.74, 6) is 0.270. The van der Waals surface area contributed by atoms with E-state index in [2.05, 4.69) is 50.7 Å². The number of methoxy groups -OCH3 is 3. The molecule has 2 saturated carbocycles. The Kier molecular flexibility index (Phi) is 14.2. The van der Waals surface area contributed by atoms with Gasteiger partial charge < -0.3 is 43.0 Å². The number of anilines is 1. The van der Waals surface area contributed by atoms with Crippen molar-refractivity contribution in [1.82, 2.24) is 4.90 Å². The summed E-state index contributed by atoms with van der Waals surface area (Å²) in [4.78, 5) is 34.1. The highest BCUT2D eigenvalue weighted by atomic mass is 35.5. The van der Waals surface area contributed by atoms with E-state index in [-0.39, 0.29) is 114 Å². The van der Waals surface area contributed by atoms with E-state index in [1.165, 1.54) is 0 Å². The SMILES string of the molecule is CC[C@H]1CCC[C@H](C[C@H]2CC[C@H](N(C)C)C(C)O2)[C@@H](C)C(=O)C2=C[C@H]3[C@@H]4C[C@H](O[C@@H]5OC(C)[C@H](OC)C(OC)[C@@H]5OC)C[C@H]4[C@H]4[C@@H]([C@H]3[C@@H]2CC(=O)O1)N4c1cc(Cl)cc(Cl)c1. The van der Waals surface area contributed by atoms with Gasteiger partial charge >= 0.3 is 5.97 Å². The maximum atomic E-state index is 15.3. The molecule has 3 aliphatic carbocycles.